The first-order chi connectivity index (χ1) is 21.5. The average Bonchev–Trinajstić information content (AvgIpc) is 3.40. The van der Waals surface area contributed by atoms with Crippen molar-refractivity contribution < 1.29 is 24.2 Å². The number of rotatable bonds is 9. The predicted molar refractivity (Wildman–Crippen MR) is 170 cm³/mol. The fourth-order valence-corrected chi connectivity index (χ4v) is 5.73. The van der Waals surface area contributed by atoms with Crippen molar-refractivity contribution in [2.45, 2.75) is 64.8 Å². The zero-order valence-electron chi connectivity index (χ0n) is 26.2. The van der Waals surface area contributed by atoms with Crippen molar-refractivity contribution in [2.75, 3.05) is 6.61 Å². The number of hydrogen-bond donors (Lipinski definition) is 1. The van der Waals surface area contributed by atoms with Gasteiger partial charge in [0.1, 0.15) is 12.6 Å². The molecular formula is C35H39N5O5. The molecule has 0 saturated heterocycles. The number of carbonyl (C=O) groups excluding carboxylic acids is 3. The van der Waals surface area contributed by atoms with Gasteiger partial charge >= 0.3 is 0 Å². The lowest BCUT2D eigenvalue weighted by Crippen LogP contribution is -2.64. The van der Waals surface area contributed by atoms with Crippen LogP contribution < -0.4 is 0 Å². The summed E-state index contributed by atoms with van der Waals surface area (Å²) >= 11 is 0. The van der Waals surface area contributed by atoms with Gasteiger partial charge in [-0.15, -0.1) is 0 Å². The summed E-state index contributed by atoms with van der Waals surface area (Å²) in [5, 5.41) is 14.5. The van der Waals surface area contributed by atoms with E-state index in [1.807, 2.05) is 88.4 Å². The molecule has 3 heterocycles. The lowest BCUT2D eigenvalue weighted by atomic mass is 9.96. The quantitative estimate of drug-likeness (QED) is 0.386. The van der Waals surface area contributed by atoms with Gasteiger partial charge in [0, 0.05) is 36.6 Å². The molecule has 1 N–H and O–H groups in total. The first-order valence-electron chi connectivity index (χ1n) is 15.1. The van der Waals surface area contributed by atoms with Crippen LogP contribution in [-0.2, 0) is 20.7 Å². The molecule has 3 atom stereocenters. The molecule has 2 aromatic carbocycles. The number of hydrogen-bond acceptors (Lipinski definition) is 7. The third-order valence-corrected chi connectivity index (χ3v) is 7.86. The van der Waals surface area contributed by atoms with Crippen LogP contribution in [0.4, 0.5) is 0 Å². The van der Waals surface area contributed by atoms with Gasteiger partial charge in [-0.3, -0.25) is 24.3 Å². The highest BCUT2D eigenvalue weighted by Crippen LogP contribution is 2.35. The summed E-state index contributed by atoms with van der Waals surface area (Å²) < 4.78 is 5.85. The molecule has 1 aromatic heterocycles. The lowest BCUT2D eigenvalue weighted by molar-refractivity contribution is -0.167. The molecule has 0 fully saturated rings. The van der Waals surface area contributed by atoms with E-state index in [1.54, 1.807) is 18.3 Å². The van der Waals surface area contributed by atoms with Crippen molar-refractivity contribution in [3.8, 4) is 0 Å². The van der Waals surface area contributed by atoms with E-state index in [0.717, 1.165) is 5.56 Å². The molecule has 234 valence electrons. The van der Waals surface area contributed by atoms with Crippen molar-refractivity contribution in [1.29, 1.82) is 0 Å². The molecule has 0 radical (unpaired) electrons. The standard InChI is InChI=1S/C35H39N5O5/c1-23(2)30-34(44)40(29(26-14-10-7-11-15-26)21-38(30)33(43)27-16-18-36-19-17-27)39(24(3)41)28(20-25-12-8-6-9-13-25)31(42)32-37-35(4,5)22-45-32/h6-19,21,23,28,30-31,42H,20,22H2,1-5H3/t28-,30+,31?/m0/s1. The molecule has 0 spiro atoms. The van der Waals surface area contributed by atoms with Crippen molar-refractivity contribution in [2.24, 2.45) is 10.9 Å². The third kappa shape index (κ3) is 6.66. The molecule has 1 unspecified atom stereocenters. The third-order valence-electron chi connectivity index (χ3n) is 7.86. The zero-order chi connectivity index (χ0) is 32.3. The number of ether oxygens (including phenoxy) is 1. The Kier molecular flexibility index (Phi) is 9.15. The van der Waals surface area contributed by atoms with Crippen LogP contribution in [0.1, 0.15) is 56.1 Å². The highest BCUT2D eigenvalue weighted by Gasteiger charge is 2.48. The number of hydrazine groups is 1. The van der Waals surface area contributed by atoms with Crippen molar-refractivity contribution >= 4 is 29.3 Å². The van der Waals surface area contributed by atoms with Crippen LogP contribution in [0.3, 0.4) is 0 Å². The largest absolute Gasteiger partial charge is 0.476 e. The topological polar surface area (TPSA) is 116 Å². The molecular weight excluding hydrogens is 570 g/mol. The maximum atomic E-state index is 14.8. The van der Waals surface area contributed by atoms with Gasteiger partial charge in [0.2, 0.25) is 11.8 Å². The molecule has 10 nitrogen and oxygen atoms in total. The normalized spacial score (nSPS) is 19.0. The van der Waals surface area contributed by atoms with E-state index < -0.39 is 35.5 Å². The second kappa shape index (κ2) is 13.0. The van der Waals surface area contributed by atoms with E-state index in [0.29, 0.717) is 16.8 Å². The molecule has 3 amide bonds. The molecule has 2 aliphatic heterocycles. The number of amides is 3. The van der Waals surface area contributed by atoms with Crippen molar-refractivity contribution in [3.05, 3.63) is 108 Å². The Balaban J connectivity index is 1.69. The molecule has 0 aliphatic carbocycles. The van der Waals surface area contributed by atoms with Gasteiger partial charge in [0.25, 0.3) is 11.8 Å². The summed E-state index contributed by atoms with van der Waals surface area (Å²) in [6.45, 7) is 9.14. The predicted octanol–water partition coefficient (Wildman–Crippen LogP) is 4.33. The number of benzene rings is 2. The van der Waals surface area contributed by atoms with Crippen LogP contribution in [0.5, 0.6) is 0 Å². The van der Waals surface area contributed by atoms with Gasteiger partial charge < -0.3 is 9.84 Å². The Morgan fingerprint density at radius 2 is 1.64 bits per heavy atom. The Hall–Kier alpha value is -4.83. The monoisotopic (exact) mass is 609 g/mol. The van der Waals surface area contributed by atoms with Gasteiger partial charge in [-0.25, -0.2) is 15.0 Å². The van der Waals surface area contributed by atoms with Crippen LogP contribution >= 0.6 is 0 Å². The summed E-state index contributed by atoms with van der Waals surface area (Å²) in [4.78, 5) is 52.5. The fraction of sp³-hybridized carbons (Fsp3) is 0.343. The van der Waals surface area contributed by atoms with Crippen LogP contribution in [0.25, 0.3) is 5.70 Å². The molecule has 5 rings (SSSR count). The number of aliphatic hydroxyl groups is 1. The minimum atomic E-state index is -1.35. The Bertz CT molecular complexity index is 1590. The lowest BCUT2D eigenvalue weighted by Gasteiger charge is -2.48. The smallest absolute Gasteiger partial charge is 0.269 e. The molecule has 10 heteroatoms. The fourth-order valence-electron chi connectivity index (χ4n) is 5.73. The Labute approximate surface area is 263 Å². The van der Waals surface area contributed by atoms with Gasteiger partial charge in [0.05, 0.1) is 17.3 Å². The number of carbonyl (C=O) groups is 3. The number of pyridine rings is 1. The summed E-state index contributed by atoms with van der Waals surface area (Å²) in [5.41, 5.74) is 1.59. The average molecular weight is 610 g/mol. The van der Waals surface area contributed by atoms with E-state index in [2.05, 4.69) is 9.98 Å². The molecule has 3 aromatic rings. The minimum Gasteiger partial charge on any atom is -0.476 e. The van der Waals surface area contributed by atoms with Crippen LogP contribution in [-0.4, -0.2) is 79.0 Å². The maximum absolute atomic E-state index is 14.8. The maximum Gasteiger partial charge on any atom is 0.269 e. The molecule has 2 aliphatic rings. The highest BCUT2D eigenvalue weighted by atomic mass is 16.5. The first-order valence-corrected chi connectivity index (χ1v) is 15.1. The number of aliphatic imine (C=N–C) groups is 1. The van der Waals surface area contributed by atoms with E-state index in [1.165, 1.54) is 34.2 Å². The SMILES string of the molecule is CC(=O)N([C@@H](Cc1ccccc1)C(O)C1=NC(C)(C)CO1)N1C(=O)[C@@H](C(C)C)N(C(=O)c2ccncc2)C=C1c1ccccc1. The van der Waals surface area contributed by atoms with E-state index in [-0.39, 0.29) is 30.8 Å². The van der Waals surface area contributed by atoms with E-state index in [4.69, 9.17) is 4.74 Å². The molecule has 0 bridgehead atoms. The van der Waals surface area contributed by atoms with Crippen molar-refractivity contribution in [3.63, 3.8) is 0 Å². The van der Waals surface area contributed by atoms with Gasteiger partial charge in [-0.1, -0.05) is 74.5 Å². The Morgan fingerprint density at radius 3 is 2.20 bits per heavy atom. The summed E-state index contributed by atoms with van der Waals surface area (Å²) in [6, 6.07) is 19.8. The number of nitrogens with zero attached hydrogens (tertiary/aromatic N) is 5. The van der Waals surface area contributed by atoms with Gasteiger partial charge in [0.15, 0.2) is 6.10 Å². The van der Waals surface area contributed by atoms with Crippen LogP contribution in [0.2, 0.25) is 0 Å². The second-order valence-electron chi connectivity index (χ2n) is 12.3. The van der Waals surface area contributed by atoms with Crippen LogP contribution in [0, 0.1) is 5.92 Å². The zero-order valence-corrected chi connectivity index (χ0v) is 26.2. The molecule has 45 heavy (non-hydrogen) atoms. The second-order valence-corrected chi connectivity index (χ2v) is 12.3. The van der Waals surface area contributed by atoms with Crippen molar-refractivity contribution in [1.82, 2.24) is 19.9 Å². The summed E-state index contributed by atoms with van der Waals surface area (Å²) in [6.07, 6.45) is 3.52. The van der Waals surface area contributed by atoms with Gasteiger partial charge in [-0.2, -0.15) is 0 Å². The highest BCUT2D eigenvalue weighted by molar-refractivity contribution is 6.03. The Morgan fingerprint density at radius 1 is 1.02 bits per heavy atom. The first kappa shape index (κ1) is 31.6. The van der Waals surface area contributed by atoms with E-state index >= 15 is 0 Å². The summed E-state index contributed by atoms with van der Waals surface area (Å²) in [7, 11) is 0. The van der Waals surface area contributed by atoms with Gasteiger partial charge in [-0.05, 0) is 43.9 Å². The minimum absolute atomic E-state index is 0.108. The number of aliphatic hydroxyl groups excluding tert-OH is 1. The van der Waals surface area contributed by atoms with E-state index in [9.17, 15) is 19.5 Å². The van der Waals surface area contributed by atoms with Crippen LogP contribution in [0.15, 0.2) is 96.4 Å². The molecule has 0 saturated carbocycles. The number of aromatic nitrogens is 1. The summed E-state index contributed by atoms with van der Waals surface area (Å²) in [5.74, 6) is -1.54.